The molecule has 8 heteroatoms. The molecule has 0 saturated heterocycles. The van der Waals surface area contributed by atoms with Crippen molar-refractivity contribution in [2.75, 3.05) is 17.7 Å². The number of rotatable bonds is 5. The van der Waals surface area contributed by atoms with Crippen LogP contribution in [0.4, 0.5) is 20.6 Å². The predicted octanol–water partition coefficient (Wildman–Crippen LogP) is 5.36. The largest absolute Gasteiger partial charge is 0.495 e. The first-order valence-electron chi connectivity index (χ1n) is 10.0. The first kappa shape index (κ1) is 19.6. The summed E-state index contributed by atoms with van der Waals surface area (Å²) in [6.45, 7) is 0.658. The minimum absolute atomic E-state index is 0.252. The van der Waals surface area contributed by atoms with Crippen molar-refractivity contribution in [3.8, 4) is 5.75 Å². The summed E-state index contributed by atoms with van der Waals surface area (Å²) >= 11 is 0. The van der Waals surface area contributed by atoms with Gasteiger partial charge in [-0.15, -0.1) is 0 Å². The van der Waals surface area contributed by atoms with Gasteiger partial charge in [0.2, 0.25) is 0 Å². The molecular weight excluding hydrogens is 409 g/mol. The molecule has 0 saturated carbocycles. The van der Waals surface area contributed by atoms with Crippen molar-refractivity contribution in [3.63, 3.8) is 0 Å². The number of carbonyl (C=O) groups excluding carboxylic acids is 1. The fraction of sp³-hybridized carbons (Fsp3) is 0.0833. The number of ether oxygens (including phenoxy) is 1. The van der Waals surface area contributed by atoms with Crippen LogP contribution in [-0.4, -0.2) is 27.7 Å². The van der Waals surface area contributed by atoms with E-state index in [1.165, 1.54) is 25.3 Å². The molecule has 7 nitrogen and oxygen atoms in total. The highest BCUT2D eigenvalue weighted by molar-refractivity contribution is 6.06. The molecule has 0 aliphatic carbocycles. The lowest BCUT2D eigenvalue weighted by Gasteiger charge is -2.12. The van der Waals surface area contributed by atoms with E-state index >= 15 is 0 Å². The second-order valence-corrected chi connectivity index (χ2v) is 7.32. The number of halogens is 1. The fourth-order valence-electron chi connectivity index (χ4n) is 3.85. The zero-order valence-corrected chi connectivity index (χ0v) is 17.2. The maximum atomic E-state index is 13.6. The van der Waals surface area contributed by atoms with Crippen LogP contribution in [0.3, 0.4) is 0 Å². The number of pyridine rings is 1. The summed E-state index contributed by atoms with van der Waals surface area (Å²) in [5.41, 5.74) is 3.85. The van der Waals surface area contributed by atoms with Gasteiger partial charge in [-0.25, -0.2) is 14.2 Å². The van der Waals surface area contributed by atoms with Crippen LogP contribution in [0.1, 0.15) is 5.56 Å². The molecule has 0 aliphatic heterocycles. The molecule has 0 spiro atoms. The average Bonchev–Trinajstić information content (AvgIpc) is 3.39. The number of aromatic nitrogens is 3. The second-order valence-electron chi connectivity index (χ2n) is 7.32. The van der Waals surface area contributed by atoms with E-state index in [0.717, 1.165) is 27.5 Å². The molecule has 160 valence electrons. The molecule has 2 aromatic carbocycles. The number of amides is 2. The molecule has 32 heavy (non-hydrogen) atoms. The normalized spacial score (nSPS) is 11.1. The van der Waals surface area contributed by atoms with Crippen LogP contribution in [0.2, 0.25) is 0 Å². The number of nitrogens with zero attached hydrogens (tertiary/aromatic N) is 2. The van der Waals surface area contributed by atoms with Crippen molar-refractivity contribution < 1.29 is 13.9 Å². The topological polar surface area (TPSA) is 84.0 Å². The van der Waals surface area contributed by atoms with Crippen molar-refractivity contribution in [1.82, 2.24) is 14.5 Å². The van der Waals surface area contributed by atoms with E-state index in [1.54, 1.807) is 6.20 Å². The van der Waals surface area contributed by atoms with Crippen molar-refractivity contribution in [2.45, 2.75) is 6.54 Å². The van der Waals surface area contributed by atoms with Crippen molar-refractivity contribution in [2.24, 2.45) is 0 Å². The molecule has 2 amide bonds. The third-order valence-electron chi connectivity index (χ3n) is 5.35. The van der Waals surface area contributed by atoms with Gasteiger partial charge >= 0.3 is 6.03 Å². The van der Waals surface area contributed by atoms with E-state index in [-0.39, 0.29) is 5.69 Å². The third kappa shape index (κ3) is 3.62. The summed E-state index contributed by atoms with van der Waals surface area (Å²) in [6, 6.07) is 15.1. The van der Waals surface area contributed by atoms with Crippen LogP contribution in [0.25, 0.3) is 21.9 Å². The van der Waals surface area contributed by atoms with E-state index in [4.69, 9.17) is 4.74 Å². The minimum Gasteiger partial charge on any atom is -0.495 e. The molecule has 3 N–H and O–H groups in total. The van der Waals surface area contributed by atoms with Crippen LogP contribution in [0.5, 0.6) is 5.75 Å². The standard InChI is InChI=1S/C24H20FN5O2/c1-32-22-8-7-16(25)12-20(22)29-24(31)28-19-5-2-6-21-18(19)9-11-30(21)14-15-13-27-23-17(15)4-3-10-26-23/h2-13H,14H2,1H3,(H,26,27)(H2,28,29,31). The van der Waals surface area contributed by atoms with E-state index in [0.29, 0.717) is 18.0 Å². The van der Waals surface area contributed by atoms with Gasteiger partial charge in [0, 0.05) is 42.0 Å². The van der Waals surface area contributed by atoms with Crippen molar-refractivity contribution >= 4 is 39.3 Å². The second kappa shape index (κ2) is 8.07. The highest BCUT2D eigenvalue weighted by Crippen LogP contribution is 2.28. The number of benzene rings is 2. The Hall–Kier alpha value is -4.33. The number of urea groups is 1. The number of aromatic amines is 1. The number of fused-ring (bicyclic) bond motifs is 2. The number of hydrogen-bond donors (Lipinski definition) is 3. The fourth-order valence-corrected chi connectivity index (χ4v) is 3.85. The molecule has 0 radical (unpaired) electrons. The Labute approximate surface area is 182 Å². The molecule has 3 aromatic heterocycles. The Bertz CT molecular complexity index is 1440. The predicted molar refractivity (Wildman–Crippen MR) is 123 cm³/mol. The van der Waals surface area contributed by atoms with Crippen LogP contribution < -0.4 is 15.4 Å². The van der Waals surface area contributed by atoms with E-state index in [2.05, 4.69) is 25.2 Å². The van der Waals surface area contributed by atoms with Gasteiger partial charge in [-0.2, -0.15) is 0 Å². The van der Waals surface area contributed by atoms with Gasteiger partial charge in [0.05, 0.1) is 24.0 Å². The van der Waals surface area contributed by atoms with Gasteiger partial charge in [0.1, 0.15) is 17.2 Å². The van der Waals surface area contributed by atoms with Gasteiger partial charge in [-0.1, -0.05) is 6.07 Å². The number of hydrogen-bond acceptors (Lipinski definition) is 3. The maximum Gasteiger partial charge on any atom is 0.323 e. The summed E-state index contributed by atoms with van der Waals surface area (Å²) in [6.07, 6.45) is 5.71. The number of methoxy groups -OCH3 is 1. The Morgan fingerprint density at radius 2 is 1.97 bits per heavy atom. The number of carbonyl (C=O) groups is 1. The first-order chi connectivity index (χ1) is 15.6. The lowest BCUT2D eigenvalue weighted by atomic mass is 10.2. The highest BCUT2D eigenvalue weighted by Gasteiger charge is 2.13. The molecule has 3 heterocycles. The summed E-state index contributed by atoms with van der Waals surface area (Å²) in [4.78, 5) is 20.1. The quantitative estimate of drug-likeness (QED) is 0.352. The maximum absolute atomic E-state index is 13.6. The molecule has 5 rings (SSSR count). The zero-order chi connectivity index (χ0) is 22.1. The van der Waals surface area contributed by atoms with Gasteiger partial charge in [-0.05, 0) is 48.0 Å². The molecule has 5 aromatic rings. The van der Waals surface area contributed by atoms with Gasteiger partial charge in [0.15, 0.2) is 0 Å². The van der Waals surface area contributed by atoms with Crippen LogP contribution >= 0.6 is 0 Å². The molecule has 0 unspecified atom stereocenters. The SMILES string of the molecule is COc1ccc(F)cc1NC(=O)Nc1cccc2c1ccn2Cc1c[nH]c2ncccc12. The average molecular weight is 429 g/mol. The number of H-pyrrole nitrogens is 1. The molecule has 0 fully saturated rings. The smallest absolute Gasteiger partial charge is 0.323 e. The molecule has 0 bridgehead atoms. The summed E-state index contributed by atoms with van der Waals surface area (Å²) in [5.74, 6) is -0.0908. The monoisotopic (exact) mass is 429 g/mol. The Morgan fingerprint density at radius 3 is 2.84 bits per heavy atom. The summed E-state index contributed by atoms with van der Waals surface area (Å²) < 4.78 is 20.9. The van der Waals surface area contributed by atoms with E-state index in [9.17, 15) is 9.18 Å². The lowest BCUT2D eigenvalue weighted by Crippen LogP contribution is -2.20. The van der Waals surface area contributed by atoms with Gasteiger partial charge in [0.25, 0.3) is 0 Å². The Morgan fingerprint density at radius 1 is 1.09 bits per heavy atom. The number of nitrogens with one attached hydrogen (secondary N) is 3. The van der Waals surface area contributed by atoms with E-state index in [1.807, 2.05) is 48.8 Å². The summed E-state index contributed by atoms with van der Waals surface area (Å²) in [7, 11) is 1.46. The Kier molecular flexibility index (Phi) is 4.95. The van der Waals surface area contributed by atoms with Crippen molar-refractivity contribution in [1.29, 1.82) is 0 Å². The van der Waals surface area contributed by atoms with E-state index < -0.39 is 11.8 Å². The molecular formula is C24H20FN5O2. The molecule has 0 atom stereocenters. The van der Waals surface area contributed by atoms with Crippen molar-refractivity contribution in [3.05, 3.63) is 84.6 Å². The van der Waals surface area contributed by atoms with Crippen LogP contribution in [-0.2, 0) is 6.54 Å². The van der Waals surface area contributed by atoms with Crippen LogP contribution in [0.15, 0.2) is 73.2 Å². The Balaban J connectivity index is 1.40. The zero-order valence-electron chi connectivity index (χ0n) is 17.2. The molecule has 0 aliphatic rings. The number of anilines is 2. The highest BCUT2D eigenvalue weighted by atomic mass is 19.1. The van der Waals surface area contributed by atoms with Crippen LogP contribution in [0, 0.1) is 5.82 Å². The minimum atomic E-state index is -0.489. The first-order valence-corrected chi connectivity index (χ1v) is 10.0. The van der Waals surface area contributed by atoms with Gasteiger partial charge in [-0.3, -0.25) is 0 Å². The summed E-state index contributed by atoms with van der Waals surface area (Å²) in [5, 5.41) is 7.47. The van der Waals surface area contributed by atoms with Gasteiger partial charge < -0.3 is 24.9 Å². The lowest BCUT2D eigenvalue weighted by molar-refractivity contribution is 0.262. The third-order valence-corrected chi connectivity index (χ3v) is 5.35.